The number of methoxy groups -OCH3 is 1. The van der Waals surface area contributed by atoms with Crippen LogP contribution >= 0.6 is 0 Å². The maximum atomic E-state index is 13.5. The Morgan fingerprint density at radius 3 is 2.23 bits per heavy atom. The van der Waals surface area contributed by atoms with Crippen molar-refractivity contribution in [2.24, 2.45) is 0 Å². The number of ether oxygens (including phenoxy) is 1. The molecule has 0 saturated carbocycles. The van der Waals surface area contributed by atoms with Crippen LogP contribution in [0.15, 0.2) is 102 Å². The highest BCUT2D eigenvalue weighted by Gasteiger charge is 2.22. The third-order valence-electron chi connectivity index (χ3n) is 6.70. The lowest BCUT2D eigenvalue weighted by molar-refractivity contribution is 0.102. The molecule has 0 atom stereocenters. The molecule has 0 fully saturated rings. The summed E-state index contributed by atoms with van der Waals surface area (Å²) in [6.45, 7) is 6.24. The number of rotatable bonds is 7. The fourth-order valence-corrected chi connectivity index (χ4v) is 5.62. The summed E-state index contributed by atoms with van der Waals surface area (Å²) in [6, 6.07) is 28.8. The second-order valence-electron chi connectivity index (χ2n) is 10.6. The molecule has 0 aliphatic rings. The molecule has 1 heterocycles. The van der Waals surface area contributed by atoms with Gasteiger partial charge in [0.2, 0.25) is 0 Å². The number of carbonyl (C=O) groups is 1. The van der Waals surface area contributed by atoms with Crippen LogP contribution in [0.3, 0.4) is 0 Å². The lowest BCUT2D eigenvalue weighted by atomic mass is 9.87. The number of hydrogen-bond acceptors (Lipinski definition) is 4. The zero-order valence-electron chi connectivity index (χ0n) is 22.8. The summed E-state index contributed by atoms with van der Waals surface area (Å²) in [5.41, 5.74) is 4.51. The highest BCUT2D eigenvalue weighted by molar-refractivity contribution is 7.92. The van der Waals surface area contributed by atoms with Gasteiger partial charge in [-0.05, 0) is 59.0 Å². The van der Waals surface area contributed by atoms with Crippen molar-refractivity contribution >= 4 is 38.2 Å². The molecule has 204 valence electrons. The molecule has 0 aliphatic heterocycles. The zero-order chi connectivity index (χ0) is 28.5. The number of anilines is 2. The number of fused-ring (bicyclic) bond motifs is 1. The van der Waals surface area contributed by atoms with Gasteiger partial charge in [-0.2, -0.15) is 0 Å². The number of amides is 1. The number of aromatic nitrogens is 1. The van der Waals surface area contributed by atoms with E-state index in [1.54, 1.807) is 61.7 Å². The van der Waals surface area contributed by atoms with Crippen molar-refractivity contribution in [1.29, 1.82) is 0 Å². The number of carbonyl (C=O) groups excluding carboxylic acids is 1. The predicted octanol–water partition coefficient (Wildman–Crippen LogP) is 7.19. The van der Waals surface area contributed by atoms with Crippen molar-refractivity contribution in [2.45, 2.75) is 31.1 Å². The topological polar surface area (TPSA) is 100 Å². The summed E-state index contributed by atoms with van der Waals surface area (Å²) in [6.07, 6.45) is 0. The van der Waals surface area contributed by atoms with Gasteiger partial charge in [-0.15, -0.1) is 0 Å². The van der Waals surface area contributed by atoms with E-state index in [1.807, 2.05) is 42.5 Å². The molecule has 0 aliphatic carbocycles. The van der Waals surface area contributed by atoms with Gasteiger partial charge < -0.3 is 15.0 Å². The molecule has 0 unspecified atom stereocenters. The molecular weight excluding hydrogens is 522 g/mol. The quantitative estimate of drug-likeness (QED) is 0.198. The van der Waals surface area contributed by atoms with Crippen LogP contribution < -0.4 is 14.8 Å². The van der Waals surface area contributed by atoms with E-state index in [0.717, 1.165) is 11.1 Å². The van der Waals surface area contributed by atoms with Gasteiger partial charge in [0.05, 0.1) is 12.0 Å². The average molecular weight is 554 g/mol. The SMILES string of the molecule is COc1cccc(NC(=O)c2[nH]c3ccc(NS(=O)(=O)c4ccc(C(C)(C)C)cc4)cc3c2-c2ccccc2)c1. The summed E-state index contributed by atoms with van der Waals surface area (Å²) in [5.74, 6) is 0.298. The summed E-state index contributed by atoms with van der Waals surface area (Å²) < 4.78 is 34.4. The molecule has 0 bridgehead atoms. The second-order valence-corrected chi connectivity index (χ2v) is 12.2. The third-order valence-corrected chi connectivity index (χ3v) is 8.10. The maximum absolute atomic E-state index is 13.5. The Morgan fingerprint density at radius 1 is 0.825 bits per heavy atom. The third kappa shape index (κ3) is 5.58. The summed E-state index contributed by atoms with van der Waals surface area (Å²) >= 11 is 0. The Hall–Kier alpha value is -4.56. The smallest absolute Gasteiger partial charge is 0.272 e. The lowest BCUT2D eigenvalue weighted by Gasteiger charge is -2.19. The van der Waals surface area contributed by atoms with Crippen molar-refractivity contribution in [2.75, 3.05) is 17.1 Å². The largest absolute Gasteiger partial charge is 0.497 e. The first-order valence-corrected chi connectivity index (χ1v) is 14.3. The van der Waals surface area contributed by atoms with Crippen molar-refractivity contribution in [3.05, 3.63) is 108 Å². The molecule has 0 radical (unpaired) electrons. The van der Waals surface area contributed by atoms with Crippen LogP contribution in [0.4, 0.5) is 11.4 Å². The van der Waals surface area contributed by atoms with E-state index >= 15 is 0 Å². The van der Waals surface area contributed by atoms with Crippen molar-refractivity contribution < 1.29 is 17.9 Å². The molecule has 1 amide bonds. The minimum Gasteiger partial charge on any atom is -0.497 e. The summed E-state index contributed by atoms with van der Waals surface area (Å²) in [5, 5.41) is 3.64. The number of H-pyrrole nitrogens is 1. The van der Waals surface area contributed by atoms with Crippen LogP contribution in [0, 0.1) is 0 Å². The highest BCUT2D eigenvalue weighted by Crippen LogP contribution is 2.35. The molecule has 5 rings (SSSR count). The van der Waals surface area contributed by atoms with Crippen LogP contribution in [0.5, 0.6) is 5.75 Å². The minimum atomic E-state index is -3.83. The molecule has 0 spiro atoms. The first-order chi connectivity index (χ1) is 19.0. The first-order valence-electron chi connectivity index (χ1n) is 12.8. The van der Waals surface area contributed by atoms with Crippen LogP contribution in [-0.4, -0.2) is 26.4 Å². The van der Waals surface area contributed by atoms with Gasteiger partial charge in [-0.3, -0.25) is 9.52 Å². The number of benzene rings is 4. The van der Waals surface area contributed by atoms with Crippen molar-refractivity contribution in [1.82, 2.24) is 4.98 Å². The first kappa shape index (κ1) is 27.0. The van der Waals surface area contributed by atoms with E-state index in [1.165, 1.54) is 0 Å². The van der Waals surface area contributed by atoms with E-state index in [4.69, 9.17) is 4.74 Å². The molecular formula is C32H31N3O4S. The normalized spacial score (nSPS) is 11.8. The van der Waals surface area contributed by atoms with Crippen molar-refractivity contribution in [3.8, 4) is 16.9 Å². The standard InChI is InChI=1S/C32H31N3O4S/c1-32(2,3)22-13-16-26(17-14-22)40(37,38)35-24-15-18-28-27(20-24)29(21-9-6-5-7-10-21)30(34-28)31(36)33-23-11-8-12-25(19-23)39-4/h5-20,34-35H,1-4H3,(H,33,36). The zero-order valence-corrected chi connectivity index (χ0v) is 23.6. The van der Waals surface area contributed by atoms with E-state index in [0.29, 0.717) is 39.3 Å². The molecule has 0 saturated heterocycles. The van der Waals surface area contributed by atoms with Crippen LogP contribution in [0.1, 0.15) is 36.8 Å². The number of nitrogens with one attached hydrogen (secondary N) is 3. The minimum absolute atomic E-state index is 0.0839. The van der Waals surface area contributed by atoms with E-state index in [-0.39, 0.29) is 16.2 Å². The molecule has 5 aromatic rings. The van der Waals surface area contributed by atoms with E-state index in [2.05, 4.69) is 35.8 Å². The van der Waals surface area contributed by atoms with E-state index in [9.17, 15) is 13.2 Å². The number of sulfonamides is 1. The summed E-state index contributed by atoms with van der Waals surface area (Å²) in [7, 11) is -2.26. The van der Waals surface area contributed by atoms with Gasteiger partial charge in [0.1, 0.15) is 11.4 Å². The van der Waals surface area contributed by atoms with Crippen molar-refractivity contribution in [3.63, 3.8) is 0 Å². The van der Waals surface area contributed by atoms with Crippen LogP contribution in [0.25, 0.3) is 22.0 Å². The van der Waals surface area contributed by atoms with Crippen LogP contribution in [0.2, 0.25) is 0 Å². The van der Waals surface area contributed by atoms with E-state index < -0.39 is 10.0 Å². The number of aromatic amines is 1. The second kappa shape index (κ2) is 10.5. The Morgan fingerprint density at radius 2 is 1.55 bits per heavy atom. The highest BCUT2D eigenvalue weighted by atomic mass is 32.2. The monoisotopic (exact) mass is 553 g/mol. The van der Waals surface area contributed by atoms with Gasteiger partial charge in [0.15, 0.2) is 0 Å². The summed E-state index contributed by atoms with van der Waals surface area (Å²) in [4.78, 5) is 16.9. The Bertz CT molecular complexity index is 1790. The molecule has 4 aromatic carbocycles. The predicted molar refractivity (Wildman–Crippen MR) is 161 cm³/mol. The van der Waals surface area contributed by atoms with Gasteiger partial charge >= 0.3 is 0 Å². The van der Waals surface area contributed by atoms with Gasteiger partial charge in [0, 0.05) is 33.9 Å². The molecule has 8 heteroatoms. The Balaban J connectivity index is 1.52. The Labute approximate surface area is 234 Å². The Kier molecular flexibility index (Phi) is 7.12. The molecule has 1 aromatic heterocycles. The molecule has 7 nitrogen and oxygen atoms in total. The molecule has 40 heavy (non-hydrogen) atoms. The maximum Gasteiger partial charge on any atom is 0.272 e. The lowest BCUT2D eigenvalue weighted by Crippen LogP contribution is -2.14. The number of hydrogen-bond donors (Lipinski definition) is 3. The fourth-order valence-electron chi connectivity index (χ4n) is 4.57. The average Bonchev–Trinajstić information content (AvgIpc) is 3.32. The van der Waals surface area contributed by atoms with Gasteiger partial charge in [0.25, 0.3) is 15.9 Å². The fraction of sp³-hybridized carbons (Fsp3) is 0.156. The van der Waals surface area contributed by atoms with Gasteiger partial charge in [-0.25, -0.2) is 8.42 Å². The molecule has 3 N–H and O–H groups in total. The van der Waals surface area contributed by atoms with Gasteiger partial charge in [-0.1, -0.05) is 69.3 Å². The van der Waals surface area contributed by atoms with Crippen LogP contribution in [-0.2, 0) is 15.4 Å².